The summed E-state index contributed by atoms with van der Waals surface area (Å²) in [5.74, 6) is 2.41. The van der Waals surface area contributed by atoms with Crippen molar-refractivity contribution in [3.63, 3.8) is 0 Å². The van der Waals surface area contributed by atoms with E-state index < -0.39 is 11.6 Å². The van der Waals surface area contributed by atoms with Crippen LogP contribution in [0.5, 0.6) is 23.0 Å². The van der Waals surface area contributed by atoms with Gasteiger partial charge >= 0.3 is 5.97 Å². The van der Waals surface area contributed by atoms with Crippen molar-refractivity contribution in [1.82, 2.24) is 0 Å². The molecular weight excluding hydrogens is 480 g/mol. The largest absolute Gasteiger partial charge is 0.497 e. The molecule has 2 aliphatic rings. The van der Waals surface area contributed by atoms with Gasteiger partial charge in [0.1, 0.15) is 34.7 Å². The highest BCUT2D eigenvalue weighted by atomic mass is 16.5. The Hall–Kier alpha value is -4.45. The number of carbonyl (C=O) groups is 1. The molecule has 0 aliphatic carbocycles. The molecule has 2 aliphatic heterocycles. The van der Waals surface area contributed by atoms with Gasteiger partial charge in [-0.25, -0.2) is 4.79 Å². The van der Waals surface area contributed by atoms with Crippen molar-refractivity contribution in [3.05, 3.63) is 101 Å². The van der Waals surface area contributed by atoms with Gasteiger partial charge in [0.15, 0.2) is 5.60 Å². The molecule has 6 rings (SSSR count). The normalized spacial score (nSPS) is 19.2. The molecule has 0 saturated heterocycles. The number of benzene rings is 4. The van der Waals surface area contributed by atoms with Crippen molar-refractivity contribution in [1.29, 1.82) is 0 Å². The highest BCUT2D eigenvalue weighted by Gasteiger charge is 2.38. The number of hydrogen-bond acceptors (Lipinski definition) is 6. The standard InChI is InChI=1S/C32H28O6/c1-19-15-21-16-23(8-12-28(21)37-19)32(22-6-9-24(34-2)10-7-22)14-13-25-26-18-27(31(33)36-4)30(35-3)17-20(26)5-11-29(25)38-32/h5-14,16-19H,15H2,1-4H3. The maximum Gasteiger partial charge on any atom is 0.341 e. The van der Waals surface area contributed by atoms with Crippen LogP contribution in [0.4, 0.5) is 0 Å². The number of esters is 1. The van der Waals surface area contributed by atoms with E-state index in [1.165, 1.54) is 12.7 Å². The van der Waals surface area contributed by atoms with Gasteiger partial charge in [-0.1, -0.05) is 24.3 Å². The topological polar surface area (TPSA) is 63.2 Å². The van der Waals surface area contributed by atoms with Crippen molar-refractivity contribution in [2.24, 2.45) is 0 Å². The van der Waals surface area contributed by atoms with E-state index in [1.807, 2.05) is 48.5 Å². The van der Waals surface area contributed by atoms with E-state index in [1.54, 1.807) is 20.3 Å². The zero-order valence-corrected chi connectivity index (χ0v) is 21.7. The summed E-state index contributed by atoms with van der Waals surface area (Å²) in [6, 6.07) is 21.8. The lowest BCUT2D eigenvalue weighted by atomic mass is 9.82. The Morgan fingerprint density at radius 1 is 0.895 bits per heavy atom. The SMILES string of the molecule is COC(=O)c1cc2c3c(ccc2cc1OC)OC(c1ccc(OC)cc1)(c1ccc2c(c1)CC(C)O2)C=C3. The van der Waals surface area contributed by atoms with Gasteiger partial charge in [-0.2, -0.15) is 0 Å². The molecular formula is C32H28O6. The number of carbonyl (C=O) groups excluding carboxylic acids is 1. The minimum absolute atomic E-state index is 0.146. The lowest BCUT2D eigenvalue weighted by molar-refractivity contribution is 0.0597. The molecule has 0 aromatic heterocycles. The predicted octanol–water partition coefficient (Wildman–Crippen LogP) is 6.32. The van der Waals surface area contributed by atoms with Gasteiger partial charge in [-0.05, 0) is 77.9 Å². The summed E-state index contributed by atoms with van der Waals surface area (Å²) in [4.78, 5) is 12.5. The van der Waals surface area contributed by atoms with E-state index in [4.69, 9.17) is 23.7 Å². The van der Waals surface area contributed by atoms with Gasteiger partial charge in [0.25, 0.3) is 0 Å². The van der Waals surface area contributed by atoms with Crippen molar-refractivity contribution >= 4 is 22.8 Å². The van der Waals surface area contributed by atoms with Crippen LogP contribution in [0.25, 0.3) is 16.8 Å². The fourth-order valence-electron chi connectivity index (χ4n) is 5.43. The minimum atomic E-state index is -0.870. The third kappa shape index (κ3) is 3.76. The van der Waals surface area contributed by atoms with Gasteiger partial charge in [-0.3, -0.25) is 0 Å². The first kappa shape index (κ1) is 23.9. The van der Waals surface area contributed by atoms with Crippen molar-refractivity contribution in [2.45, 2.75) is 25.0 Å². The average Bonchev–Trinajstić information content (AvgIpc) is 3.34. The smallest absolute Gasteiger partial charge is 0.341 e. The van der Waals surface area contributed by atoms with Gasteiger partial charge in [0.05, 0.1) is 21.3 Å². The Bertz CT molecular complexity index is 1590. The van der Waals surface area contributed by atoms with Crippen LogP contribution in [-0.2, 0) is 16.8 Å². The Labute approximate surface area is 221 Å². The predicted molar refractivity (Wildman–Crippen MR) is 146 cm³/mol. The quantitative estimate of drug-likeness (QED) is 0.294. The second-order valence-electron chi connectivity index (χ2n) is 9.60. The molecule has 2 unspecified atom stereocenters. The Kier molecular flexibility index (Phi) is 5.75. The number of hydrogen-bond donors (Lipinski definition) is 0. The summed E-state index contributed by atoms with van der Waals surface area (Å²) in [6.07, 6.45) is 5.16. The van der Waals surface area contributed by atoms with E-state index in [0.29, 0.717) is 17.1 Å². The van der Waals surface area contributed by atoms with E-state index >= 15 is 0 Å². The molecule has 0 saturated carbocycles. The summed E-state index contributed by atoms with van der Waals surface area (Å²) < 4.78 is 28.7. The highest BCUT2D eigenvalue weighted by Crippen LogP contribution is 2.46. The molecule has 0 amide bonds. The summed E-state index contributed by atoms with van der Waals surface area (Å²) in [6.45, 7) is 2.08. The zero-order chi connectivity index (χ0) is 26.4. The second-order valence-corrected chi connectivity index (χ2v) is 9.60. The van der Waals surface area contributed by atoms with Gasteiger partial charge < -0.3 is 23.7 Å². The Morgan fingerprint density at radius 2 is 1.66 bits per heavy atom. The number of methoxy groups -OCH3 is 3. The zero-order valence-electron chi connectivity index (χ0n) is 21.7. The van der Waals surface area contributed by atoms with Gasteiger partial charge in [-0.15, -0.1) is 0 Å². The van der Waals surface area contributed by atoms with Crippen LogP contribution in [0, 0.1) is 0 Å². The molecule has 2 heterocycles. The molecule has 6 heteroatoms. The van der Waals surface area contributed by atoms with E-state index in [2.05, 4.69) is 31.2 Å². The first-order valence-electron chi connectivity index (χ1n) is 12.5. The molecule has 38 heavy (non-hydrogen) atoms. The van der Waals surface area contributed by atoms with Gasteiger partial charge in [0.2, 0.25) is 0 Å². The lowest BCUT2D eigenvalue weighted by Gasteiger charge is -2.36. The molecule has 192 valence electrons. The third-order valence-corrected chi connectivity index (χ3v) is 7.35. The molecule has 4 aromatic rings. The number of fused-ring (bicyclic) bond motifs is 4. The monoisotopic (exact) mass is 508 g/mol. The average molecular weight is 509 g/mol. The fourth-order valence-corrected chi connectivity index (χ4v) is 5.43. The Morgan fingerprint density at radius 3 is 2.39 bits per heavy atom. The third-order valence-electron chi connectivity index (χ3n) is 7.35. The second kappa shape index (κ2) is 9.14. The number of rotatable bonds is 5. The number of ether oxygens (including phenoxy) is 5. The van der Waals surface area contributed by atoms with E-state index in [0.717, 1.165) is 45.4 Å². The van der Waals surface area contributed by atoms with Crippen LogP contribution < -0.4 is 18.9 Å². The maximum atomic E-state index is 12.5. The van der Waals surface area contributed by atoms with Crippen LogP contribution in [-0.4, -0.2) is 33.4 Å². The molecule has 2 atom stereocenters. The van der Waals surface area contributed by atoms with E-state index in [9.17, 15) is 4.79 Å². The summed E-state index contributed by atoms with van der Waals surface area (Å²) in [5, 5.41) is 1.81. The summed E-state index contributed by atoms with van der Waals surface area (Å²) >= 11 is 0. The first-order valence-corrected chi connectivity index (χ1v) is 12.5. The van der Waals surface area contributed by atoms with Crippen LogP contribution >= 0.6 is 0 Å². The highest BCUT2D eigenvalue weighted by molar-refractivity contribution is 6.02. The van der Waals surface area contributed by atoms with Crippen molar-refractivity contribution in [3.8, 4) is 23.0 Å². The summed E-state index contributed by atoms with van der Waals surface area (Å²) in [5.41, 5.74) is 3.52. The van der Waals surface area contributed by atoms with Crippen LogP contribution in [0.1, 0.15) is 39.5 Å². The van der Waals surface area contributed by atoms with Crippen LogP contribution in [0.2, 0.25) is 0 Å². The molecule has 0 radical (unpaired) electrons. The molecule has 6 nitrogen and oxygen atoms in total. The summed E-state index contributed by atoms with van der Waals surface area (Å²) in [7, 11) is 4.56. The van der Waals surface area contributed by atoms with Crippen LogP contribution in [0.15, 0.2) is 72.8 Å². The van der Waals surface area contributed by atoms with Crippen molar-refractivity contribution in [2.75, 3.05) is 21.3 Å². The lowest BCUT2D eigenvalue weighted by Crippen LogP contribution is -2.34. The molecule has 4 aromatic carbocycles. The van der Waals surface area contributed by atoms with E-state index in [-0.39, 0.29) is 6.10 Å². The van der Waals surface area contributed by atoms with Gasteiger partial charge in [0, 0.05) is 23.1 Å². The minimum Gasteiger partial charge on any atom is -0.497 e. The molecule has 0 bridgehead atoms. The van der Waals surface area contributed by atoms with Crippen molar-refractivity contribution < 1.29 is 28.5 Å². The molecule has 0 N–H and O–H groups in total. The molecule has 0 spiro atoms. The Balaban J connectivity index is 1.53. The van der Waals surface area contributed by atoms with Crippen LogP contribution in [0.3, 0.4) is 0 Å². The fraction of sp³-hybridized carbons (Fsp3) is 0.219. The molecule has 0 fully saturated rings. The first-order chi connectivity index (χ1) is 18.5. The maximum absolute atomic E-state index is 12.5.